The second-order valence-electron chi connectivity index (χ2n) is 4.91. The van der Waals surface area contributed by atoms with Crippen LogP contribution >= 0.6 is 0 Å². The molecule has 0 radical (unpaired) electrons. The lowest BCUT2D eigenvalue weighted by Gasteiger charge is -2.23. The molecule has 4 heteroatoms. The van der Waals surface area contributed by atoms with Gasteiger partial charge in [0.25, 0.3) is 0 Å². The van der Waals surface area contributed by atoms with Gasteiger partial charge in [0.1, 0.15) is 5.82 Å². The Morgan fingerprint density at radius 2 is 2.41 bits per heavy atom. The summed E-state index contributed by atoms with van der Waals surface area (Å²) in [7, 11) is 0. The number of fused-ring (bicyclic) bond motifs is 1. The van der Waals surface area contributed by atoms with Crippen molar-refractivity contribution < 1.29 is 4.74 Å². The number of piperidine rings is 1. The zero-order chi connectivity index (χ0) is 11.5. The molecule has 0 bridgehead atoms. The second kappa shape index (κ2) is 5.10. The summed E-state index contributed by atoms with van der Waals surface area (Å²) >= 11 is 0. The minimum Gasteiger partial charge on any atom is -0.375 e. The zero-order valence-corrected chi connectivity index (χ0v) is 10.1. The third-order valence-electron chi connectivity index (χ3n) is 3.60. The number of nitrogens with zero attached hydrogens (tertiary/aromatic N) is 2. The Morgan fingerprint density at radius 3 is 3.29 bits per heavy atom. The maximum atomic E-state index is 5.44. The van der Waals surface area contributed by atoms with Gasteiger partial charge in [0.15, 0.2) is 0 Å². The predicted molar refractivity (Wildman–Crippen MR) is 64.7 cm³/mol. The average molecular weight is 233 g/mol. The minimum atomic E-state index is 0.561. The molecule has 3 rings (SSSR count). The van der Waals surface area contributed by atoms with Gasteiger partial charge in [0, 0.05) is 18.7 Å². The molecule has 2 aliphatic rings. The molecule has 1 N–H and O–H groups in total. The number of ether oxygens (including phenoxy) is 1. The Balaban J connectivity index is 1.70. The van der Waals surface area contributed by atoms with Crippen LogP contribution in [0.25, 0.3) is 0 Å². The van der Waals surface area contributed by atoms with Crippen LogP contribution in [0.2, 0.25) is 0 Å². The molecule has 4 nitrogen and oxygen atoms in total. The van der Waals surface area contributed by atoms with Gasteiger partial charge in [-0.05, 0) is 31.4 Å². The van der Waals surface area contributed by atoms with Gasteiger partial charge in [-0.2, -0.15) is 0 Å². The molecular weight excluding hydrogens is 214 g/mol. The molecule has 92 valence electrons. The summed E-state index contributed by atoms with van der Waals surface area (Å²) in [5.41, 5.74) is 2.36. The van der Waals surface area contributed by atoms with Crippen LogP contribution in [0, 0.1) is 0 Å². The minimum absolute atomic E-state index is 0.561. The Bertz CT molecular complexity index is 388. The first-order valence-electron chi connectivity index (χ1n) is 6.56. The van der Waals surface area contributed by atoms with E-state index in [4.69, 9.17) is 4.74 Å². The lowest BCUT2D eigenvalue weighted by molar-refractivity contribution is 0.107. The maximum Gasteiger partial charge on any atom is 0.130 e. The first kappa shape index (κ1) is 11.1. The van der Waals surface area contributed by atoms with E-state index in [1.165, 1.54) is 24.8 Å². The molecule has 1 fully saturated rings. The van der Waals surface area contributed by atoms with Crippen LogP contribution in [-0.2, 0) is 24.2 Å². The summed E-state index contributed by atoms with van der Waals surface area (Å²) in [6, 6.07) is 0.561. The monoisotopic (exact) mass is 233 g/mol. The van der Waals surface area contributed by atoms with Crippen molar-refractivity contribution in [2.75, 3.05) is 13.2 Å². The van der Waals surface area contributed by atoms with E-state index in [1.54, 1.807) is 0 Å². The standard InChI is InChI=1S/C13H19N3O/c1-2-5-14-11(3-1)7-13-15-8-10-4-6-17-9-12(10)16-13/h8,11,14H,1-7,9H2. The van der Waals surface area contributed by atoms with Crippen molar-refractivity contribution in [3.8, 4) is 0 Å². The Labute approximate surface area is 102 Å². The molecule has 0 amide bonds. The number of nitrogens with one attached hydrogen (secondary N) is 1. The van der Waals surface area contributed by atoms with Gasteiger partial charge in [-0.15, -0.1) is 0 Å². The molecule has 1 saturated heterocycles. The lowest BCUT2D eigenvalue weighted by Crippen LogP contribution is -2.36. The van der Waals surface area contributed by atoms with Crippen molar-refractivity contribution in [2.45, 2.75) is 44.8 Å². The fraction of sp³-hybridized carbons (Fsp3) is 0.692. The Morgan fingerprint density at radius 1 is 1.41 bits per heavy atom. The summed E-state index contributed by atoms with van der Waals surface area (Å²) in [6.07, 6.45) is 7.77. The number of aromatic nitrogens is 2. The fourth-order valence-electron chi connectivity index (χ4n) is 2.59. The summed E-state index contributed by atoms with van der Waals surface area (Å²) in [6.45, 7) is 2.60. The highest BCUT2D eigenvalue weighted by Crippen LogP contribution is 2.15. The molecule has 3 heterocycles. The van der Waals surface area contributed by atoms with Crippen molar-refractivity contribution in [1.82, 2.24) is 15.3 Å². The smallest absolute Gasteiger partial charge is 0.130 e. The highest BCUT2D eigenvalue weighted by Gasteiger charge is 2.17. The first-order valence-corrected chi connectivity index (χ1v) is 6.56. The van der Waals surface area contributed by atoms with E-state index in [9.17, 15) is 0 Å². The quantitative estimate of drug-likeness (QED) is 0.834. The Hall–Kier alpha value is -1.00. The zero-order valence-electron chi connectivity index (χ0n) is 10.1. The summed E-state index contributed by atoms with van der Waals surface area (Å²) in [4.78, 5) is 9.11. The van der Waals surface area contributed by atoms with Crippen molar-refractivity contribution in [2.24, 2.45) is 0 Å². The van der Waals surface area contributed by atoms with Crippen molar-refractivity contribution in [3.63, 3.8) is 0 Å². The van der Waals surface area contributed by atoms with Crippen LogP contribution in [0.15, 0.2) is 6.20 Å². The molecule has 0 aromatic carbocycles. The molecule has 2 aliphatic heterocycles. The van der Waals surface area contributed by atoms with Gasteiger partial charge in [-0.1, -0.05) is 6.42 Å². The van der Waals surface area contributed by atoms with Gasteiger partial charge >= 0.3 is 0 Å². The summed E-state index contributed by atoms with van der Waals surface area (Å²) in [5.74, 6) is 0.966. The van der Waals surface area contributed by atoms with Crippen molar-refractivity contribution in [3.05, 3.63) is 23.3 Å². The highest BCUT2D eigenvalue weighted by molar-refractivity contribution is 5.19. The first-order chi connectivity index (χ1) is 8.42. The van der Waals surface area contributed by atoms with Crippen molar-refractivity contribution in [1.29, 1.82) is 0 Å². The van der Waals surface area contributed by atoms with Crippen LogP contribution in [0.5, 0.6) is 0 Å². The van der Waals surface area contributed by atoms with E-state index >= 15 is 0 Å². The van der Waals surface area contributed by atoms with Crippen LogP contribution < -0.4 is 5.32 Å². The van der Waals surface area contributed by atoms with E-state index < -0.39 is 0 Å². The van der Waals surface area contributed by atoms with E-state index in [0.717, 1.165) is 37.5 Å². The summed E-state index contributed by atoms with van der Waals surface area (Å²) in [5, 5.41) is 3.54. The van der Waals surface area contributed by atoms with E-state index in [1.807, 2.05) is 6.20 Å². The highest BCUT2D eigenvalue weighted by atomic mass is 16.5. The third kappa shape index (κ3) is 2.64. The summed E-state index contributed by atoms with van der Waals surface area (Å²) < 4.78 is 5.44. The van der Waals surface area contributed by atoms with E-state index in [2.05, 4.69) is 15.3 Å². The molecule has 1 atom stereocenters. The van der Waals surface area contributed by atoms with E-state index in [-0.39, 0.29) is 0 Å². The maximum absolute atomic E-state index is 5.44. The van der Waals surface area contributed by atoms with E-state index in [0.29, 0.717) is 12.6 Å². The normalized spacial score (nSPS) is 24.4. The molecule has 1 unspecified atom stereocenters. The number of hydrogen-bond donors (Lipinski definition) is 1. The van der Waals surface area contributed by atoms with Crippen molar-refractivity contribution >= 4 is 0 Å². The topological polar surface area (TPSA) is 47.0 Å². The number of hydrogen-bond acceptors (Lipinski definition) is 4. The second-order valence-corrected chi connectivity index (χ2v) is 4.91. The molecule has 1 aromatic rings. The average Bonchev–Trinajstić information content (AvgIpc) is 2.40. The Kier molecular flexibility index (Phi) is 3.34. The fourth-order valence-corrected chi connectivity index (χ4v) is 2.59. The molecular formula is C13H19N3O. The van der Waals surface area contributed by atoms with Crippen LogP contribution in [0.4, 0.5) is 0 Å². The van der Waals surface area contributed by atoms with Gasteiger partial charge in [0.2, 0.25) is 0 Å². The van der Waals surface area contributed by atoms with Gasteiger partial charge < -0.3 is 10.1 Å². The van der Waals surface area contributed by atoms with Crippen LogP contribution in [0.3, 0.4) is 0 Å². The SMILES string of the molecule is c1nc(CC2CCCCN2)nc2c1CCOC2. The van der Waals surface area contributed by atoms with Gasteiger partial charge in [-0.3, -0.25) is 0 Å². The van der Waals surface area contributed by atoms with Crippen LogP contribution in [0.1, 0.15) is 36.3 Å². The lowest BCUT2D eigenvalue weighted by atomic mass is 10.0. The van der Waals surface area contributed by atoms with Gasteiger partial charge in [-0.25, -0.2) is 9.97 Å². The molecule has 0 saturated carbocycles. The largest absolute Gasteiger partial charge is 0.375 e. The van der Waals surface area contributed by atoms with Crippen LogP contribution in [-0.4, -0.2) is 29.2 Å². The third-order valence-corrected chi connectivity index (χ3v) is 3.60. The molecule has 1 aromatic heterocycles. The molecule has 0 spiro atoms. The number of rotatable bonds is 2. The predicted octanol–water partition coefficient (Wildman–Crippen LogP) is 1.23. The molecule has 17 heavy (non-hydrogen) atoms. The van der Waals surface area contributed by atoms with Gasteiger partial charge in [0.05, 0.1) is 18.9 Å². The molecule has 0 aliphatic carbocycles.